The van der Waals surface area contributed by atoms with Gasteiger partial charge in [0.05, 0.1) is 11.1 Å². The van der Waals surface area contributed by atoms with E-state index in [1.54, 1.807) is 6.20 Å². The Hall–Kier alpha value is -1.94. The molecule has 110 valence electrons. The van der Waals surface area contributed by atoms with Crippen LogP contribution < -0.4 is 5.32 Å². The second-order valence-electron chi connectivity index (χ2n) is 5.47. The van der Waals surface area contributed by atoms with Gasteiger partial charge in [-0.3, -0.25) is 9.78 Å². The molecule has 1 aromatic carbocycles. The van der Waals surface area contributed by atoms with Crippen LogP contribution in [0.3, 0.4) is 0 Å². The smallest absolute Gasteiger partial charge is 0.256 e. The molecule has 2 aromatic rings. The molecular formula is C17H21N3O. The Bertz CT molecular complexity index is 629. The lowest BCUT2D eigenvalue weighted by Gasteiger charge is -2.34. The molecule has 1 atom stereocenters. The number of likely N-dealkylation sites (N-methyl/N-ethyl adjacent to an activating group) is 1. The molecule has 1 aliphatic heterocycles. The van der Waals surface area contributed by atoms with E-state index in [1.807, 2.05) is 42.2 Å². The standard InChI is InChI=1S/C17H21N3O/c1-2-20(14-8-5-10-18-12-14)17(21)15-9-3-6-13-7-4-11-19-16(13)15/h3-4,6-7,9,11,14,18H,2,5,8,10,12H2,1H3. The average molecular weight is 283 g/mol. The molecule has 1 unspecified atom stereocenters. The molecule has 4 nitrogen and oxygen atoms in total. The Kier molecular flexibility index (Phi) is 4.15. The van der Waals surface area contributed by atoms with Gasteiger partial charge in [0, 0.05) is 30.7 Å². The van der Waals surface area contributed by atoms with Crippen LogP contribution in [0.5, 0.6) is 0 Å². The van der Waals surface area contributed by atoms with Crippen molar-refractivity contribution in [3.8, 4) is 0 Å². The van der Waals surface area contributed by atoms with Gasteiger partial charge in [0.2, 0.25) is 0 Å². The molecule has 21 heavy (non-hydrogen) atoms. The van der Waals surface area contributed by atoms with Gasteiger partial charge in [-0.2, -0.15) is 0 Å². The number of aromatic nitrogens is 1. The lowest BCUT2D eigenvalue weighted by atomic mass is 10.0. The fourth-order valence-corrected chi connectivity index (χ4v) is 3.10. The molecule has 4 heteroatoms. The van der Waals surface area contributed by atoms with Gasteiger partial charge in [0.15, 0.2) is 0 Å². The van der Waals surface area contributed by atoms with E-state index in [0.717, 1.165) is 43.4 Å². The number of nitrogens with one attached hydrogen (secondary N) is 1. The summed E-state index contributed by atoms with van der Waals surface area (Å²) in [7, 11) is 0. The monoisotopic (exact) mass is 283 g/mol. The number of carbonyl (C=O) groups is 1. The highest BCUT2D eigenvalue weighted by molar-refractivity contribution is 6.05. The maximum Gasteiger partial charge on any atom is 0.256 e. The van der Waals surface area contributed by atoms with Gasteiger partial charge >= 0.3 is 0 Å². The summed E-state index contributed by atoms with van der Waals surface area (Å²) < 4.78 is 0. The Labute approximate surface area is 125 Å². The van der Waals surface area contributed by atoms with Crippen LogP contribution in [0.15, 0.2) is 36.5 Å². The van der Waals surface area contributed by atoms with E-state index in [9.17, 15) is 4.79 Å². The minimum atomic E-state index is 0.0931. The lowest BCUT2D eigenvalue weighted by Crippen LogP contribution is -2.48. The molecule has 1 saturated heterocycles. The van der Waals surface area contributed by atoms with Crippen molar-refractivity contribution in [2.24, 2.45) is 0 Å². The highest BCUT2D eigenvalue weighted by atomic mass is 16.2. The zero-order valence-corrected chi connectivity index (χ0v) is 12.4. The maximum absolute atomic E-state index is 12.9. The highest BCUT2D eigenvalue weighted by Gasteiger charge is 2.26. The van der Waals surface area contributed by atoms with Crippen LogP contribution >= 0.6 is 0 Å². The Balaban J connectivity index is 1.94. The summed E-state index contributed by atoms with van der Waals surface area (Å²) in [6.45, 7) is 4.72. The zero-order valence-electron chi connectivity index (χ0n) is 12.4. The third-order valence-corrected chi connectivity index (χ3v) is 4.18. The predicted molar refractivity (Wildman–Crippen MR) is 84.3 cm³/mol. The van der Waals surface area contributed by atoms with Crippen LogP contribution in [0, 0.1) is 0 Å². The number of pyridine rings is 1. The highest BCUT2D eigenvalue weighted by Crippen LogP contribution is 2.20. The molecule has 2 heterocycles. The van der Waals surface area contributed by atoms with Crippen molar-refractivity contribution in [2.45, 2.75) is 25.8 Å². The minimum Gasteiger partial charge on any atom is -0.335 e. The van der Waals surface area contributed by atoms with Crippen LogP contribution in [-0.4, -0.2) is 41.5 Å². The van der Waals surface area contributed by atoms with Crippen molar-refractivity contribution in [3.05, 3.63) is 42.1 Å². The molecule has 1 N–H and O–H groups in total. The first-order chi connectivity index (χ1) is 10.3. The largest absolute Gasteiger partial charge is 0.335 e. The maximum atomic E-state index is 12.9. The van der Waals surface area contributed by atoms with E-state index >= 15 is 0 Å². The lowest BCUT2D eigenvalue weighted by molar-refractivity contribution is 0.0664. The third kappa shape index (κ3) is 2.76. The Morgan fingerprint density at radius 1 is 1.38 bits per heavy atom. The van der Waals surface area contributed by atoms with Crippen LogP contribution in [0.4, 0.5) is 0 Å². The molecule has 1 aromatic heterocycles. The van der Waals surface area contributed by atoms with Gasteiger partial charge in [-0.1, -0.05) is 18.2 Å². The number of amides is 1. The number of para-hydroxylation sites is 1. The molecule has 3 rings (SSSR count). The Morgan fingerprint density at radius 2 is 2.24 bits per heavy atom. The van der Waals surface area contributed by atoms with E-state index < -0.39 is 0 Å². The number of hydrogen-bond donors (Lipinski definition) is 1. The first-order valence-corrected chi connectivity index (χ1v) is 7.66. The first kappa shape index (κ1) is 14.0. The summed E-state index contributed by atoms with van der Waals surface area (Å²) in [4.78, 5) is 19.3. The zero-order chi connectivity index (χ0) is 14.7. The summed E-state index contributed by atoms with van der Waals surface area (Å²) in [5.74, 6) is 0.0931. The number of carbonyl (C=O) groups excluding carboxylic acids is 1. The summed E-state index contributed by atoms with van der Waals surface area (Å²) in [6.07, 6.45) is 3.95. The van der Waals surface area contributed by atoms with E-state index in [-0.39, 0.29) is 11.9 Å². The van der Waals surface area contributed by atoms with E-state index in [1.165, 1.54) is 0 Å². The molecular weight excluding hydrogens is 262 g/mol. The molecule has 1 amide bonds. The molecule has 1 aliphatic rings. The summed E-state index contributed by atoms with van der Waals surface area (Å²) >= 11 is 0. The fraction of sp³-hybridized carbons (Fsp3) is 0.412. The summed E-state index contributed by atoms with van der Waals surface area (Å²) in [5.41, 5.74) is 1.51. The quantitative estimate of drug-likeness (QED) is 0.941. The average Bonchev–Trinajstić information content (AvgIpc) is 2.56. The topological polar surface area (TPSA) is 45.2 Å². The van der Waals surface area contributed by atoms with Crippen molar-refractivity contribution in [3.63, 3.8) is 0 Å². The number of benzene rings is 1. The van der Waals surface area contributed by atoms with Gasteiger partial charge in [0.1, 0.15) is 0 Å². The van der Waals surface area contributed by atoms with Gasteiger partial charge in [-0.25, -0.2) is 0 Å². The van der Waals surface area contributed by atoms with Crippen LogP contribution in [0.1, 0.15) is 30.1 Å². The minimum absolute atomic E-state index is 0.0931. The molecule has 0 saturated carbocycles. The molecule has 0 radical (unpaired) electrons. The van der Waals surface area contributed by atoms with Crippen LogP contribution in [0.2, 0.25) is 0 Å². The second kappa shape index (κ2) is 6.22. The number of nitrogens with zero attached hydrogens (tertiary/aromatic N) is 2. The summed E-state index contributed by atoms with van der Waals surface area (Å²) in [5, 5.41) is 4.40. The molecule has 0 bridgehead atoms. The second-order valence-corrected chi connectivity index (χ2v) is 5.47. The van der Waals surface area contributed by atoms with Crippen LogP contribution in [0.25, 0.3) is 10.9 Å². The SMILES string of the molecule is CCN(C(=O)c1cccc2cccnc12)C1CCCNC1. The van der Waals surface area contributed by atoms with Crippen molar-refractivity contribution in [1.29, 1.82) is 0 Å². The molecule has 0 aliphatic carbocycles. The first-order valence-electron chi connectivity index (χ1n) is 7.66. The van der Waals surface area contributed by atoms with Crippen LogP contribution in [-0.2, 0) is 0 Å². The van der Waals surface area contributed by atoms with Gasteiger partial charge < -0.3 is 10.2 Å². The van der Waals surface area contributed by atoms with Gasteiger partial charge in [-0.15, -0.1) is 0 Å². The fourth-order valence-electron chi connectivity index (χ4n) is 3.10. The molecule has 1 fully saturated rings. The number of hydrogen-bond acceptors (Lipinski definition) is 3. The summed E-state index contributed by atoms with van der Waals surface area (Å²) in [6, 6.07) is 10.0. The predicted octanol–water partition coefficient (Wildman–Crippen LogP) is 2.45. The number of rotatable bonds is 3. The van der Waals surface area contributed by atoms with E-state index in [4.69, 9.17) is 0 Å². The Morgan fingerprint density at radius 3 is 3.00 bits per heavy atom. The number of piperidine rings is 1. The van der Waals surface area contributed by atoms with Crippen molar-refractivity contribution >= 4 is 16.8 Å². The van der Waals surface area contributed by atoms with E-state index in [2.05, 4.69) is 10.3 Å². The molecule has 0 spiro atoms. The normalized spacial score (nSPS) is 18.6. The van der Waals surface area contributed by atoms with Crippen molar-refractivity contribution in [2.75, 3.05) is 19.6 Å². The number of fused-ring (bicyclic) bond motifs is 1. The van der Waals surface area contributed by atoms with Gasteiger partial charge in [0.25, 0.3) is 5.91 Å². The van der Waals surface area contributed by atoms with Crippen molar-refractivity contribution < 1.29 is 4.79 Å². The third-order valence-electron chi connectivity index (χ3n) is 4.18. The van der Waals surface area contributed by atoms with E-state index in [0.29, 0.717) is 5.56 Å². The van der Waals surface area contributed by atoms with Crippen molar-refractivity contribution in [1.82, 2.24) is 15.2 Å². The van der Waals surface area contributed by atoms with Gasteiger partial charge in [-0.05, 0) is 38.4 Å².